The van der Waals surface area contributed by atoms with E-state index in [9.17, 15) is 19.8 Å². The van der Waals surface area contributed by atoms with Gasteiger partial charge in [0.25, 0.3) is 0 Å². The van der Waals surface area contributed by atoms with Gasteiger partial charge in [0.05, 0.1) is 29.7 Å². The van der Waals surface area contributed by atoms with Gasteiger partial charge in [0.2, 0.25) is 0 Å². The molecule has 0 radical (unpaired) electrons. The van der Waals surface area contributed by atoms with Gasteiger partial charge in [-0.25, -0.2) is 4.98 Å². The maximum Gasteiger partial charge on any atom is 0.309 e. The number of esters is 1. The molecule has 7 atom stereocenters. The van der Waals surface area contributed by atoms with Crippen LogP contribution in [-0.4, -0.2) is 45.3 Å². The maximum atomic E-state index is 13.2. The van der Waals surface area contributed by atoms with Crippen LogP contribution in [0, 0.1) is 28.6 Å². The first kappa shape index (κ1) is 28.7. The van der Waals surface area contributed by atoms with Crippen LogP contribution >= 0.6 is 11.3 Å². The highest BCUT2D eigenvalue weighted by molar-refractivity contribution is 7.09. The normalized spacial score (nSPS) is 37.2. The molecule has 2 heterocycles. The Morgan fingerprint density at radius 2 is 1.97 bits per heavy atom. The number of carbonyl (C=O) groups is 2. The molecule has 200 valence electrons. The molecule has 1 aliphatic heterocycles. The number of aliphatic hydroxyl groups is 2. The van der Waals surface area contributed by atoms with E-state index in [4.69, 9.17) is 10.5 Å². The van der Waals surface area contributed by atoms with Crippen LogP contribution in [0.25, 0.3) is 6.08 Å². The lowest BCUT2D eigenvalue weighted by Crippen LogP contribution is -2.45. The summed E-state index contributed by atoms with van der Waals surface area (Å²) in [5.74, 6) is -1.32. The molecular formula is C28H42N2O5S. The summed E-state index contributed by atoms with van der Waals surface area (Å²) >= 11 is 1.50. The minimum absolute atomic E-state index is 0.0967. The zero-order valence-corrected chi connectivity index (χ0v) is 23.2. The summed E-state index contributed by atoms with van der Waals surface area (Å²) in [6, 6.07) is 0. The maximum absolute atomic E-state index is 13.2. The summed E-state index contributed by atoms with van der Waals surface area (Å²) in [4.78, 5) is 30.7. The molecule has 4 N–H and O–H groups in total. The van der Waals surface area contributed by atoms with Crippen molar-refractivity contribution >= 4 is 29.2 Å². The Morgan fingerprint density at radius 3 is 2.61 bits per heavy atom. The van der Waals surface area contributed by atoms with Gasteiger partial charge in [0.15, 0.2) is 0 Å². The first-order valence-corrected chi connectivity index (χ1v) is 13.8. The molecule has 1 aliphatic carbocycles. The number of nitrogens with two attached hydrogens (primary N) is 1. The summed E-state index contributed by atoms with van der Waals surface area (Å²) in [5, 5.41) is 24.5. The zero-order chi connectivity index (χ0) is 26.8. The Labute approximate surface area is 218 Å². The number of ketones is 1. The van der Waals surface area contributed by atoms with Crippen molar-refractivity contribution in [2.75, 3.05) is 0 Å². The topological polar surface area (TPSA) is 123 Å². The first-order valence-electron chi connectivity index (χ1n) is 12.9. The Balaban J connectivity index is 1.89. The van der Waals surface area contributed by atoms with Crippen LogP contribution in [-0.2, 0) is 20.9 Å². The van der Waals surface area contributed by atoms with E-state index in [0.29, 0.717) is 18.9 Å². The highest BCUT2D eigenvalue weighted by Crippen LogP contribution is 2.58. The van der Waals surface area contributed by atoms with E-state index < -0.39 is 35.6 Å². The third kappa shape index (κ3) is 6.52. The van der Waals surface area contributed by atoms with Crippen LogP contribution in [0.5, 0.6) is 0 Å². The third-order valence-corrected chi connectivity index (χ3v) is 9.14. The number of rotatable bonds is 3. The van der Waals surface area contributed by atoms with E-state index in [1.165, 1.54) is 11.3 Å². The first-order chi connectivity index (χ1) is 16.8. The minimum atomic E-state index is -1.23. The van der Waals surface area contributed by atoms with E-state index >= 15 is 0 Å². The van der Waals surface area contributed by atoms with Crippen LogP contribution in [0.3, 0.4) is 0 Å². The number of thiazole rings is 1. The highest BCUT2D eigenvalue weighted by atomic mass is 32.1. The second kappa shape index (κ2) is 11.3. The fourth-order valence-electron chi connectivity index (χ4n) is 5.17. The van der Waals surface area contributed by atoms with Gasteiger partial charge in [-0.05, 0) is 49.2 Å². The number of Topliss-reactive ketones (excluding diaryl/α,β-unsaturated/α-hetero) is 1. The molecule has 7 nitrogen and oxygen atoms in total. The smallest absolute Gasteiger partial charge is 0.309 e. The van der Waals surface area contributed by atoms with Crippen LogP contribution in [0.4, 0.5) is 0 Å². The molecule has 3 rings (SSSR count). The molecule has 1 aromatic rings. The summed E-state index contributed by atoms with van der Waals surface area (Å²) in [6.45, 7) is 11.4. The molecule has 2 aliphatic rings. The third-order valence-electron chi connectivity index (χ3n) is 8.25. The molecule has 0 amide bonds. The van der Waals surface area contributed by atoms with E-state index in [-0.39, 0.29) is 23.5 Å². The van der Waals surface area contributed by atoms with Crippen molar-refractivity contribution in [3.63, 3.8) is 0 Å². The number of hydrogen-bond acceptors (Lipinski definition) is 8. The van der Waals surface area contributed by atoms with Crippen molar-refractivity contribution in [2.45, 2.75) is 92.1 Å². The van der Waals surface area contributed by atoms with E-state index in [1.807, 2.05) is 31.4 Å². The number of aliphatic hydroxyl groups excluding tert-OH is 2. The minimum Gasteiger partial charge on any atom is -0.458 e. The van der Waals surface area contributed by atoms with Gasteiger partial charge in [0.1, 0.15) is 16.9 Å². The fraction of sp³-hybridized carbons (Fsp3) is 0.679. The number of aromatic nitrogens is 1. The standard InChI is InChI=1S/C28H42N2O5S/c1-16-8-7-9-28(6)13-19(28)11-21(17(2)10-20-15-36-23(14-29)30-20)35-24(32)12-22(31)27(4,5)26(34)18(3)25(16)33/h7-8,10,15-16,18-19,21-22,25,31,33H,9,11-14,29H2,1-6H3/b8-7+,17-10+/t16-,18+,19?,21-,22-,25-,28?/m0/s1. The van der Waals surface area contributed by atoms with Gasteiger partial charge in [0, 0.05) is 23.8 Å². The van der Waals surface area contributed by atoms with Gasteiger partial charge in [-0.3, -0.25) is 9.59 Å². The molecule has 0 saturated heterocycles. The highest BCUT2D eigenvalue weighted by Gasteiger charge is 2.50. The molecule has 2 unspecified atom stereocenters. The second-order valence-corrected chi connectivity index (χ2v) is 12.5. The molecule has 0 bridgehead atoms. The predicted molar refractivity (Wildman–Crippen MR) is 142 cm³/mol. The Bertz CT molecular complexity index is 1020. The van der Waals surface area contributed by atoms with Gasteiger partial charge in [-0.15, -0.1) is 11.3 Å². The Morgan fingerprint density at radius 1 is 1.28 bits per heavy atom. The van der Waals surface area contributed by atoms with Gasteiger partial charge in [-0.2, -0.15) is 0 Å². The number of cyclic esters (lactones) is 1. The largest absolute Gasteiger partial charge is 0.458 e. The molecule has 1 saturated carbocycles. The van der Waals surface area contributed by atoms with Gasteiger partial charge >= 0.3 is 5.97 Å². The van der Waals surface area contributed by atoms with Gasteiger partial charge in [-0.1, -0.05) is 46.8 Å². The SMILES string of the molecule is C/C(=C\c1csc(CN)n1)[C@@H]1CC2CC2(C)C/C=C/[C@H](C)[C@H](O)[C@@H](C)C(=O)C(C)(C)[C@@H](O)CC(=O)O1. The van der Waals surface area contributed by atoms with Gasteiger partial charge < -0.3 is 20.7 Å². The quantitative estimate of drug-likeness (QED) is 0.403. The molecule has 1 aromatic heterocycles. The second-order valence-electron chi connectivity index (χ2n) is 11.6. The van der Waals surface area contributed by atoms with Crippen molar-refractivity contribution in [1.82, 2.24) is 4.98 Å². The number of hydrogen-bond donors (Lipinski definition) is 3. The average molecular weight is 519 g/mol. The zero-order valence-electron chi connectivity index (χ0n) is 22.4. The van der Waals surface area contributed by atoms with Crippen molar-refractivity contribution in [3.8, 4) is 0 Å². The predicted octanol–water partition coefficient (Wildman–Crippen LogP) is 4.27. The van der Waals surface area contributed by atoms with Crippen LogP contribution < -0.4 is 5.73 Å². The van der Waals surface area contributed by atoms with Crippen LogP contribution in [0.15, 0.2) is 23.1 Å². The lowest BCUT2D eigenvalue weighted by atomic mass is 9.73. The lowest BCUT2D eigenvalue weighted by Gasteiger charge is -2.34. The molecule has 36 heavy (non-hydrogen) atoms. The number of ether oxygens (including phenoxy) is 1. The number of allylic oxidation sites excluding steroid dienone is 1. The Hall–Kier alpha value is -1.87. The molecular weight excluding hydrogens is 476 g/mol. The molecule has 0 aromatic carbocycles. The molecule has 0 spiro atoms. The summed E-state index contributed by atoms with van der Waals surface area (Å²) in [5.41, 5.74) is 6.25. The monoisotopic (exact) mass is 518 g/mol. The lowest BCUT2D eigenvalue weighted by molar-refractivity contribution is -0.154. The van der Waals surface area contributed by atoms with Crippen LogP contribution in [0.2, 0.25) is 0 Å². The summed E-state index contributed by atoms with van der Waals surface area (Å²) in [6.07, 6.45) is 5.74. The van der Waals surface area contributed by atoms with E-state index in [2.05, 4.69) is 18.0 Å². The summed E-state index contributed by atoms with van der Waals surface area (Å²) in [7, 11) is 0. The number of nitrogens with zero attached hydrogens (tertiary/aromatic N) is 1. The fourth-order valence-corrected chi connectivity index (χ4v) is 5.80. The summed E-state index contributed by atoms with van der Waals surface area (Å²) < 4.78 is 5.93. The van der Waals surface area contributed by atoms with Crippen molar-refractivity contribution in [1.29, 1.82) is 0 Å². The van der Waals surface area contributed by atoms with Crippen molar-refractivity contribution in [3.05, 3.63) is 33.8 Å². The molecule has 8 heteroatoms. The van der Waals surface area contributed by atoms with E-state index in [0.717, 1.165) is 29.1 Å². The molecule has 1 fully saturated rings. The van der Waals surface area contributed by atoms with E-state index in [1.54, 1.807) is 20.8 Å². The van der Waals surface area contributed by atoms with Crippen molar-refractivity contribution < 1.29 is 24.5 Å². The average Bonchev–Trinajstić information content (AvgIpc) is 3.23. The Kier molecular flexibility index (Phi) is 8.97. The number of fused-ring (bicyclic) bond motifs is 1. The number of carbonyl (C=O) groups excluding carboxylic acids is 2. The van der Waals surface area contributed by atoms with Crippen molar-refractivity contribution in [2.24, 2.45) is 34.3 Å². The van der Waals surface area contributed by atoms with Crippen LogP contribution in [0.1, 0.15) is 77.9 Å².